The zero-order chi connectivity index (χ0) is 30.9. The monoisotopic (exact) mass is 629 g/mol. The first-order valence-corrected chi connectivity index (χ1v) is 14.5. The van der Waals surface area contributed by atoms with E-state index in [2.05, 4.69) is 15.3 Å². The van der Waals surface area contributed by atoms with Crippen LogP contribution >= 0.6 is 23.2 Å². The Labute approximate surface area is 259 Å². The average Bonchev–Trinajstić information content (AvgIpc) is 2.97. The van der Waals surface area contributed by atoms with Crippen LogP contribution in [0.1, 0.15) is 39.2 Å². The molecule has 2 aliphatic rings. The fourth-order valence-corrected chi connectivity index (χ4v) is 5.74. The van der Waals surface area contributed by atoms with Gasteiger partial charge in [0.15, 0.2) is 0 Å². The first-order chi connectivity index (χ1) is 20.5. The standard InChI is InChI=1S/C29H33Cl2N7O5/c1-29(2,3)43-28(40)36-12-9-18(10-13-36)38-25-17(15-33-26(35-25)34-21-8-6-7-11-32-21)16-37(27(38)39)24-22(30)19(41-4)14-20(42-5)23(24)31/h6-8,11,14-15,18H,9-10,12-13,16H2,1-5H3,(H,32,33,34,35). The van der Waals surface area contributed by atoms with Crippen molar-refractivity contribution in [2.24, 2.45) is 0 Å². The number of ether oxygens (including phenoxy) is 3. The van der Waals surface area contributed by atoms with E-state index in [1.807, 2.05) is 26.8 Å². The lowest BCUT2D eigenvalue weighted by Gasteiger charge is -2.43. The lowest BCUT2D eigenvalue weighted by Crippen LogP contribution is -2.56. The number of carbonyl (C=O) groups is 2. The summed E-state index contributed by atoms with van der Waals surface area (Å²) in [5.41, 5.74) is 0.317. The quantitative estimate of drug-likeness (QED) is 0.335. The molecule has 14 heteroatoms. The Morgan fingerprint density at radius 3 is 2.30 bits per heavy atom. The van der Waals surface area contributed by atoms with Crippen LogP contribution in [0, 0.1) is 0 Å². The number of nitrogens with zero attached hydrogens (tertiary/aromatic N) is 6. The molecule has 1 saturated heterocycles. The molecule has 1 fully saturated rings. The number of likely N-dealkylation sites (tertiary alicyclic amines) is 1. The number of pyridine rings is 1. The van der Waals surface area contributed by atoms with E-state index in [-0.39, 0.29) is 46.4 Å². The number of rotatable bonds is 6. The summed E-state index contributed by atoms with van der Waals surface area (Å²) in [7, 11) is 2.95. The van der Waals surface area contributed by atoms with Crippen molar-refractivity contribution in [2.75, 3.05) is 42.4 Å². The number of hydrogen-bond donors (Lipinski definition) is 1. The summed E-state index contributed by atoms with van der Waals surface area (Å²) in [6, 6.07) is 6.33. The molecule has 228 valence electrons. The molecule has 0 aliphatic carbocycles. The number of piperidine rings is 1. The maximum Gasteiger partial charge on any atom is 0.410 e. The molecule has 0 saturated carbocycles. The summed E-state index contributed by atoms with van der Waals surface area (Å²) in [6.45, 7) is 6.39. The van der Waals surface area contributed by atoms with Crippen molar-refractivity contribution in [1.82, 2.24) is 19.9 Å². The van der Waals surface area contributed by atoms with E-state index in [1.165, 1.54) is 19.1 Å². The SMILES string of the molecule is COc1cc(OC)c(Cl)c(N2Cc3cnc(Nc4ccccn4)nc3N(C3CCN(C(=O)OC(C)(C)C)CC3)C2=O)c1Cl. The minimum atomic E-state index is -0.611. The normalized spacial score (nSPS) is 15.7. The van der Waals surface area contributed by atoms with Crippen molar-refractivity contribution in [3.05, 3.63) is 52.3 Å². The third kappa shape index (κ3) is 6.35. The average molecular weight is 631 g/mol. The van der Waals surface area contributed by atoms with Gasteiger partial charge in [0, 0.05) is 43.2 Å². The number of halogens is 2. The maximum absolute atomic E-state index is 14.4. The van der Waals surface area contributed by atoms with Gasteiger partial charge in [-0.05, 0) is 45.7 Å². The van der Waals surface area contributed by atoms with E-state index >= 15 is 0 Å². The maximum atomic E-state index is 14.4. The van der Waals surface area contributed by atoms with Crippen LogP contribution in [0.4, 0.5) is 32.9 Å². The van der Waals surface area contributed by atoms with Crippen LogP contribution in [-0.4, -0.2) is 70.9 Å². The fourth-order valence-electron chi connectivity index (χ4n) is 5.03. The van der Waals surface area contributed by atoms with Gasteiger partial charge in [0.05, 0.1) is 26.5 Å². The summed E-state index contributed by atoms with van der Waals surface area (Å²) >= 11 is 13.5. The molecule has 0 unspecified atom stereocenters. The predicted octanol–water partition coefficient (Wildman–Crippen LogP) is 6.29. The lowest BCUT2D eigenvalue weighted by atomic mass is 10.0. The molecule has 0 radical (unpaired) electrons. The van der Waals surface area contributed by atoms with Crippen LogP contribution in [0.15, 0.2) is 36.7 Å². The van der Waals surface area contributed by atoms with Gasteiger partial charge in [-0.15, -0.1) is 0 Å². The Morgan fingerprint density at radius 1 is 1.05 bits per heavy atom. The van der Waals surface area contributed by atoms with Crippen molar-refractivity contribution >= 4 is 58.6 Å². The molecule has 0 spiro atoms. The van der Waals surface area contributed by atoms with Gasteiger partial charge in [0.1, 0.15) is 38.8 Å². The third-order valence-corrected chi connectivity index (χ3v) is 7.77. The minimum Gasteiger partial charge on any atom is -0.495 e. The molecular weight excluding hydrogens is 597 g/mol. The second-order valence-electron chi connectivity index (χ2n) is 11.1. The van der Waals surface area contributed by atoms with Crippen molar-refractivity contribution in [3.8, 4) is 11.5 Å². The van der Waals surface area contributed by atoms with Crippen LogP contribution in [0.2, 0.25) is 10.0 Å². The number of urea groups is 1. The van der Waals surface area contributed by atoms with Crippen LogP contribution in [0.5, 0.6) is 11.5 Å². The first-order valence-electron chi connectivity index (χ1n) is 13.7. The van der Waals surface area contributed by atoms with Gasteiger partial charge in [-0.1, -0.05) is 29.3 Å². The predicted molar refractivity (Wildman–Crippen MR) is 164 cm³/mol. The van der Waals surface area contributed by atoms with E-state index in [0.717, 1.165) is 0 Å². The van der Waals surface area contributed by atoms with Gasteiger partial charge in [-0.2, -0.15) is 4.98 Å². The summed E-state index contributed by atoms with van der Waals surface area (Å²) in [6.07, 6.45) is 3.92. The highest BCUT2D eigenvalue weighted by molar-refractivity contribution is 6.42. The van der Waals surface area contributed by atoms with Crippen molar-refractivity contribution in [2.45, 2.75) is 51.8 Å². The minimum absolute atomic E-state index is 0.0983. The number of aromatic nitrogens is 3. The first kappa shape index (κ1) is 30.4. The summed E-state index contributed by atoms with van der Waals surface area (Å²) in [4.78, 5) is 45.5. The molecular formula is C29H33Cl2N7O5. The van der Waals surface area contributed by atoms with Crippen LogP contribution < -0.4 is 24.6 Å². The van der Waals surface area contributed by atoms with Gasteiger partial charge in [-0.25, -0.2) is 19.6 Å². The molecule has 5 rings (SSSR count). The van der Waals surface area contributed by atoms with Gasteiger partial charge in [0.2, 0.25) is 5.95 Å². The number of hydrogen-bond acceptors (Lipinski definition) is 9. The zero-order valence-electron chi connectivity index (χ0n) is 24.6. The van der Waals surface area contributed by atoms with Crippen LogP contribution in [0.25, 0.3) is 0 Å². The molecule has 1 N–H and O–H groups in total. The number of anilines is 4. The van der Waals surface area contributed by atoms with Crippen molar-refractivity contribution in [3.63, 3.8) is 0 Å². The second-order valence-corrected chi connectivity index (χ2v) is 11.8. The van der Waals surface area contributed by atoms with Gasteiger partial charge < -0.3 is 24.4 Å². The fraction of sp³-hybridized carbons (Fsp3) is 0.414. The number of benzene rings is 1. The van der Waals surface area contributed by atoms with Gasteiger partial charge >= 0.3 is 12.1 Å². The molecule has 2 aliphatic heterocycles. The molecule has 4 heterocycles. The topological polar surface area (TPSA) is 122 Å². The molecule has 3 aromatic rings. The Bertz CT molecular complexity index is 1480. The van der Waals surface area contributed by atoms with Crippen LogP contribution in [0.3, 0.4) is 0 Å². The number of fused-ring (bicyclic) bond motifs is 1. The molecule has 12 nitrogen and oxygen atoms in total. The Kier molecular flexibility index (Phi) is 8.70. The van der Waals surface area contributed by atoms with Crippen LogP contribution in [-0.2, 0) is 11.3 Å². The van der Waals surface area contributed by atoms with E-state index in [0.29, 0.717) is 54.6 Å². The van der Waals surface area contributed by atoms with Gasteiger partial charge in [-0.3, -0.25) is 9.80 Å². The molecule has 2 aromatic heterocycles. The third-order valence-electron chi connectivity index (χ3n) is 7.04. The van der Waals surface area contributed by atoms with E-state index in [4.69, 9.17) is 42.4 Å². The molecule has 43 heavy (non-hydrogen) atoms. The van der Waals surface area contributed by atoms with Gasteiger partial charge in [0.25, 0.3) is 0 Å². The summed E-state index contributed by atoms with van der Waals surface area (Å²) in [5.74, 6) is 1.91. The largest absolute Gasteiger partial charge is 0.495 e. The highest BCUT2D eigenvalue weighted by Gasteiger charge is 2.41. The van der Waals surface area contributed by atoms with E-state index in [9.17, 15) is 9.59 Å². The summed E-state index contributed by atoms with van der Waals surface area (Å²) < 4.78 is 16.5. The lowest BCUT2D eigenvalue weighted by molar-refractivity contribution is 0.0206. The number of carbonyl (C=O) groups excluding carboxylic acids is 2. The zero-order valence-corrected chi connectivity index (χ0v) is 26.1. The number of nitrogens with one attached hydrogen (secondary N) is 1. The highest BCUT2D eigenvalue weighted by atomic mass is 35.5. The second kappa shape index (κ2) is 12.3. The van der Waals surface area contributed by atoms with E-state index < -0.39 is 5.60 Å². The smallest absolute Gasteiger partial charge is 0.410 e. The number of amides is 3. The Balaban J connectivity index is 1.52. The molecule has 0 bridgehead atoms. The molecule has 1 aromatic carbocycles. The van der Waals surface area contributed by atoms with Crippen molar-refractivity contribution < 1.29 is 23.8 Å². The number of methoxy groups -OCH3 is 2. The Morgan fingerprint density at radius 2 is 1.72 bits per heavy atom. The summed E-state index contributed by atoms with van der Waals surface area (Å²) in [5, 5.41) is 3.43. The van der Waals surface area contributed by atoms with E-state index in [1.54, 1.807) is 40.4 Å². The molecule has 0 atom stereocenters. The highest BCUT2D eigenvalue weighted by Crippen LogP contribution is 2.48. The van der Waals surface area contributed by atoms with Crippen molar-refractivity contribution in [1.29, 1.82) is 0 Å². The Hall–Kier alpha value is -4.03. The molecule has 3 amide bonds.